The number of hydrogen-bond donors (Lipinski definition) is 0. The molecular weight excluding hydrogens is 455 g/mol. The van der Waals surface area contributed by atoms with Crippen LogP contribution in [0.3, 0.4) is 0 Å². The van der Waals surface area contributed by atoms with Crippen LogP contribution in [0, 0.1) is 17.1 Å². The summed E-state index contributed by atoms with van der Waals surface area (Å²) >= 11 is 4.74. The van der Waals surface area contributed by atoms with Crippen LogP contribution in [-0.4, -0.2) is 26.4 Å². The standard InChI is InChI=1S/C20H16BrFN6S/c1-3-15-19(28-11-14(8-21)24-10-17(28)25-15)27(2)20-26-18(16(9-23)29-20)12-4-6-13(22)7-5-12/h4-7,10-11H,3,8H2,1-2H3. The molecule has 29 heavy (non-hydrogen) atoms. The van der Waals surface area contributed by atoms with Gasteiger partial charge in [-0.1, -0.05) is 34.2 Å². The van der Waals surface area contributed by atoms with Gasteiger partial charge in [0, 0.05) is 24.1 Å². The van der Waals surface area contributed by atoms with E-state index < -0.39 is 0 Å². The third-order valence-electron chi connectivity index (χ3n) is 4.52. The monoisotopic (exact) mass is 470 g/mol. The van der Waals surface area contributed by atoms with Crippen molar-refractivity contribution >= 4 is 43.9 Å². The summed E-state index contributed by atoms with van der Waals surface area (Å²) in [5, 5.41) is 10.9. The van der Waals surface area contributed by atoms with Crippen LogP contribution in [0.2, 0.25) is 0 Å². The van der Waals surface area contributed by atoms with E-state index in [2.05, 4.69) is 32.0 Å². The number of imidazole rings is 1. The lowest BCUT2D eigenvalue weighted by Crippen LogP contribution is -2.13. The highest BCUT2D eigenvalue weighted by Crippen LogP contribution is 2.36. The molecule has 0 fully saturated rings. The molecule has 4 aromatic rings. The van der Waals surface area contributed by atoms with Gasteiger partial charge in [0.15, 0.2) is 10.8 Å². The summed E-state index contributed by atoms with van der Waals surface area (Å²) in [6.45, 7) is 2.05. The number of fused-ring (bicyclic) bond motifs is 1. The fraction of sp³-hybridized carbons (Fsp3) is 0.200. The number of alkyl halides is 1. The molecule has 0 radical (unpaired) electrons. The maximum Gasteiger partial charge on any atom is 0.192 e. The summed E-state index contributed by atoms with van der Waals surface area (Å²) in [7, 11) is 1.91. The van der Waals surface area contributed by atoms with E-state index in [9.17, 15) is 9.65 Å². The Balaban J connectivity index is 1.84. The highest BCUT2D eigenvalue weighted by Gasteiger charge is 2.22. The van der Waals surface area contributed by atoms with Gasteiger partial charge < -0.3 is 4.90 Å². The lowest BCUT2D eigenvalue weighted by molar-refractivity contribution is 0.628. The van der Waals surface area contributed by atoms with E-state index in [1.165, 1.54) is 23.5 Å². The molecule has 3 aromatic heterocycles. The smallest absolute Gasteiger partial charge is 0.192 e. The summed E-state index contributed by atoms with van der Waals surface area (Å²) in [6, 6.07) is 8.21. The normalized spacial score (nSPS) is 11.0. The van der Waals surface area contributed by atoms with Crippen LogP contribution >= 0.6 is 27.3 Å². The zero-order valence-electron chi connectivity index (χ0n) is 15.7. The Hall–Kier alpha value is -2.83. The van der Waals surface area contributed by atoms with Crippen LogP contribution in [0.1, 0.15) is 23.2 Å². The summed E-state index contributed by atoms with van der Waals surface area (Å²) in [5.74, 6) is 0.561. The minimum Gasteiger partial charge on any atom is -0.305 e. The molecule has 0 aliphatic rings. The number of aryl methyl sites for hydroxylation is 1. The highest BCUT2D eigenvalue weighted by atomic mass is 79.9. The molecule has 0 bridgehead atoms. The summed E-state index contributed by atoms with van der Waals surface area (Å²) < 4.78 is 15.3. The molecule has 0 unspecified atom stereocenters. The maximum atomic E-state index is 13.3. The van der Waals surface area contributed by atoms with Crippen LogP contribution in [0.15, 0.2) is 36.7 Å². The van der Waals surface area contributed by atoms with Crippen molar-refractivity contribution in [3.05, 3.63) is 58.7 Å². The van der Waals surface area contributed by atoms with E-state index in [0.29, 0.717) is 26.6 Å². The Labute approximate surface area is 179 Å². The quantitative estimate of drug-likeness (QED) is 0.380. The molecule has 0 N–H and O–H groups in total. The molecular formula is C20H16BrFN6S. The first kappa shape index (κ1) is 19.5. The van der Waals surface area contributed by atoms with Gasteiger partial charge >= 0.3 is 0 Å². The second kappa shape index (κ2) is 7.89. The predicted molar refractivity (Wildman–Crippen MR) is 115 cm³/mol. The van der Waals surface area contributed by atoms with Crippen LogP contribution < -0.4 is 4.90 Å². The van der Waals surface area contributed by atoms with Gasteiger partial charge in [-0.05, 0) is 30.7 Å². The van der Waals surface area contributed by atoms with Gasteiger partial charge in [0.05, 0.1) is 17.6 Å². The first-order valence-electron chi connectivity index (χ1n) is 8.88. The molecule has 4 rings (SSSR count). The van der Waals surface area contributed by atoms with E-state index in [1.54, 1.807) is 18.3 Å². The Morgan fingerprint density at radius 2 is 2.03 bits per heavy atom. The lowest BCUT2D eigenvalue weighted by Gasteiger charge is -2.17. The summed E-state index contributed by atoms with van der Waals surface area (Å²) in [5.41, 5.74) is 3.81. The van der Waals surface area contributed by atoms with Crippen molar-refractivity contribution in [2.75, 3.05) is 11.9 Å². The second-order valence-corrected chi connectivity index (χ2v) is 7.87. The molecule has 0 spiro atoms. The van der Waals surface area contributed by atoms with Crippen LogP contribution in [0.5, 0.6) is 0 Å². The SMILES string of the molecule is CCc1nc2cnc(CBr)cn2c1N(C)c1nc(-c2ccc(F)cc2)c(C#N)s1. The predicted octanol–water partition coefficient (Wildman–Crippen LogP) is 5.09. The maximum absolute atomic E-state index is 13.3. The van der Waals surface area contributed by atoms with Gasteiger partial charge in [-0.15, -0.1) is 0 Å². The molecule has 0 atom stereocenters. The molecule has 0 aliphatic heterocycles. The molecule has 1 aromatic carbocycles. The van der Waals surface area contributed by atoms with Gasteiger partial charge in [-0.3, -0.25) is 9.38 Å². The average Bonchev–Trinajstić information content (AvgIpc) is 3.34. The average molecular weight is 471 g/mol. The minimum absolute atomic E-state index is 0.325. The van der Waals surface area contributed by atoms with Crippen molar-refractivity contribution in [1.29, 1.82) is 5.26 Å². The Kier molecular flexibility index (Phi) is 5.30. The molecule has 0 aliphatic carbocycles. The van der Waals surface area contributed by atoms with Crippen LogP contribution in [-0.2, 0) is 11.8 Å². The largest absolute Gasteiger partial charge is 0.305 e. The Bertz CT molecular complexity index is 1220. The van der Waals surface area contributed by atoms with Gasteiger partial charge in [0.25, 0.3) is 0 Å². The topological polar surface area (TPSA) is 70.1 Å². The zero-order valence-corrected chi connectivity index (χ0v) is 18.1. The van der Waals surface area contributed by atoms with Crippen molar-refractivity contribution in [2.24, 2.45) is 0 Å². The molecule has 146 valence electrons. The number of halogens is 2. The number of nitrogens with zero attached hydrogens (tertiary/aromatic N) is 6. The number of benzene rings is 1. The van der Waals surface area contributed by atoms with E-state index in [4.69, 9.17) is 4.98 Å². The summed E-state index contributed by atoms with van der Waals surface area (Å²) in [6.07, 6.45) is 4.44. The number of aromatic nitrogens is 4. The first-order valence-corrected chi connectivity index (χ1v) is 10.8. The van der Waals surface area contributed by atoms with Crippen molar-refractivity contribution in [1.82, 2.24) is 19.4 Å². The number of anilines is 2. The molecule has 0 saturated carbocycles. The summed E-state index contributed by atoms with van der Waals surface area (Å²) in [4.78, 5) is 16.2. The Morgan fingerprint density at radius 1 is 1.28 bits per heavy atom. The Morgan fingerprint density at radius 3 is 2.69 bits per heavy atom. The zero-order chi connectivity index (χ0) is 20.5. The van der Waals surface area contributed by atoms with Gasteiger partial charge in [0.1, 0.15) is 28.3 Å². The fourth-order valence-electron chi connectivity index (χ4n) is 3.11. The van der Waals surface area contributed by atoms with Gasteiger partial charge in [-0.2, -0.15) is 5.26 Å². The van der Waals surface area contributed by atoms with Crippen molar-refractivity contribution in [3.63, 3.8) is 0 Å². The fourth-order valence-corrected chi connectivity index (χ4v) is 4.25. The van der Waals surface area contributed by atoms with Crippen molar-refractivity contribution < 1.29 is 4.39 Å². The highest BCUT2D eigenvalue weighted by molar-refractivity contribution is 9.08. The van der Waals surface area contributed by atoms with Crippen molar-refractivity contribution in [3.8, 4) is 17.3 Å². The van der Waals surface area contributed by atoms with E-state index in [0.717, 1.165) is 29.3 Å². The number of rotatable bonds is 5. The number of thiazole rings is 1. The third kappa shape index (κ3) is 3.50. The molecule has 0 saturated heterocycles. The molecule has 3 heterocycles. The van der Waals surface area contributed by atoms with E-state index in [1.807, 2.05) is 29.5 Å². The number of hydrogen-bond acceptors (Lipinski definition) is 6. The van der Waals surface area contributed by atoms with Crippen LogP contribution in [0.25, 0.3) is 16.9 Å². The van der Waals surface area contributed by atoms with Gasteiger partial charge in [0.2, 0.25) is 0 Å². The van der Waals surface area contributed by atoms with Crippen molar-refractivity contribution in [2.45, 2.75) is 18.7 Å². The van der Waals surface area contributed by atoms with E-state index in [-0.39, 0.29) is 5.82 Å². The number of nitriles is 1. The van der Waals surface area contributed by atoms with Gasteiger partial charge in [-0.25, -0.2) is 14.4 Å². The lowest BCUT2D eigenvalue weighted by atomic mass is 10.1. The molecule has 9 heteroatoms. The third-order valence-corrected chi connectivity index (χ3v) is 6.13. The first-order chi connectivity index (χ1) is 14.0. The molecule has 0 amide bonds. The van der Waals surface area contributed by atoms with E-state index >= 15 is 0 Å². The van der Waals surface area contributed by atoms with Crippen LogP contribution in [0.4, 0.5) is 15.3 Å². The molecule has 6 nitrogen and oxygen atoms in total. The minimum atomic E-state index is -0.325. The second-order valence-electron chi connectivity index (χ2n) is 6.33.